The van der Waals surface area contributed by atoms with Gasteiger partial charge in [0.2, 0.25) is 0 Å². The summed E-state index contributed by atoms with van der Waals surface area (Å²) in [5.74, 6) is -0.294. The number of para-hydroxylation sites is 2. The highest BCUT2D eigenvalue weighted by atomic mass is 16.6. The van der Waals surface area contributed by atoms with Crippen molar-refractivity contribution in [2.75, 3.05) is 0 Å². The van der Waals surface area contributed by atoms with Crippen molar-refractivity contribution >= 4 is 27.8 Å². The number of cyclic esters (lactones) is 1. The fourth-order valence-corrected chi connectivity index (χ4v) is 7.10. The Kier molecular flexibility index (Phi) is 6.99. The fraction of sp³-hybridized carbons (Fsp3) is 0.371. The normalized spacial score (nSPS) is 16.6. The SMILES string of the molecule is CCCCCCCCn1c(C)c(C2(c3c(C)n(CC)c4ccccc34)OC(=O)c3ccncc32)c2ccccc21. The number of aryl methyl sites for hydroxylation is 2. The van der Waals surface area contributed by atoms with Gasteiger partial charge >= 0.3 is 5.97 Å². The highest BCUT2D eigenvalue weighted by Gasteiger charge is 2.53. The maximum absolute atomic E-state index is 13.6. The van der Waals surface area contributed by atoms with Crippen LogP contribution >= 0.6 is 0 Å². The molecule has 2 aromatic carbocycles. The highest BCUT2D eigenvalue weighted by molar-refractivity contribution is 6.01. The summed E-state index contributed by atoms with van der Waals surface area (Å²) in [4.78, 5) is 18.2. The smallest absolute Gasteiger partial charge is 0.340 e. The van der Waals surface area contributed by atoms with Gasteiger partial charge in [0.05, 0.1) is 5.56 Å². The molecular formula is C35H39N3O2. The summed E-state index contributed by atoms with van der Waals surface area (Å²) in [7, 11) is 0. The first-order chi connectivity index (χ1) is 19.5. The van der Waals surface area contributed by atoms with Crippen LogP contribution in [0, 0.1) is 13.8 Å². The van der Waals surface area contributed by atoms with Gasteiger partial charge in [-0.1, -0.05) is 75.4 Å². The molecule has 0 bridgehead atoms. The Balaban J connectivity index is 1.63. The first-order valence-electron chi connectivity index (χ1n) is 14.9. The minimum absolute atomic E-state index is 0.294. The number of unbranched alkanes of at least 4 members (excludes halogenated alkanes) is 5. The molecule has 5 heteroatoms. The van der Waals surface area contributed by atoms with Crippen LogP contribution in [0.2, 0.25) is 0 Å². The van der Waals surface area contributed by atoms with Crippen LogP contribution in [0.15, 0.2) is 67.0 Å². The summed E-state index contributed by atoms with van der Waals surface area (Å²) < 4.78 is 11.5. The number of carbonyl (C=O) groups is 1. The molecule has 0 fully saturated rings. The molecule has 0 N–H and O–H groups in total. The minimum Gasteiger partial charge on any atom is -0.440 e. The first kappa shape index (κ1) is 26.4. The molecular weight excluding hydrogens is 494 g/mol. The fourth-order valence-electron chi connectivity index (χ4n) is 7.10. The van der Waals surface area contributed by atoms with Gasteiger partial charge in [-0.15, -0.1) is 0 Å². The topological polar surface area (TPSA) is 49.0 Å². The van der Waals surface area contributed by atoms with E-state index in [4.69, 9.17) is 4.74 Å². The van der Waals surface area contributed by atoms with Crippen molar-refractivity contribution in [2.45, 2.75) is 84.9 Å². The molecule has 1 unspecified atom stereocenters. The summed E-state index contributed by atoms with van der Waals surface area (Å²) in [6.07, 6.45) is 11.0. The second kappa shape index (κ2) is 10.6. The molecule has 1 aliphatic heterocycles. The lowest BCUT2D eigenvalue weighted by Crippen LogP contribution is -2.31. The number of hydrogen-bond donors (Lipinski definition) is 0. The predicted molar refractivity (Wildman–Crippen MR) is 162 cm³/mol. The van der Waals surface area contributed by atoms with E-state index in [-0.39, 0.29) is 5.97 Å². The van der Waals surface area contributed by atoms with Gasteiger partial charge in [0, 0.05) is 75.4 Å². The second-order valence-corrected chi connectivity index (χ2v) is 11.1. The average Bonchev–Trinajstić information content (AvgIpc) is 3.54. The van der Waals surface area contributed by atoms with E-state index in [1.165, 1.54) is 37.6 Å². The molecule has 4 heterocycles. The molecule has 5 nitrogen and oxygen atoms in total. The van der Waals surface area contributed by atoms with E-state index in [2.05, 4.69) is 90.3 Å². The maximum atomic E-state index is 13.6. The summed E-state index contributed by atoms with van der Waals surface area (Å²) in [5.41, 5.74) is 7.01. The van der Waals surface area contributed by atoms with E-state index in [9.17, 15) is 4.79 Å². The van der Waals surface area contributed by atoms with Crippen molar-refractivity contribution in [2.24, 2.45) is 0 Å². The second-order valence-electron chi connectivity index (χ2n) is 11.1. The molecule has 1 aliphatic rings. The number of pyridine rings is 1. The Bertz CT molecular complexity index is 1710. The zero-order chi connectivity index (χ0) is 27.9. The van der Waals surface area contributed by atoms with E-state index in [0.29, 0.717) is 5.56 Å². The molecule has 0 amide bonds. The van der Waals surface area contributed by atoms with Crippen molar-refractivity contribution in [3.8, 4) is 0 Å². The summed E-state index contributed by atoms with van der Waals surface area (Å²) in [5, 5.41) is 2.24. The van der Waals surface area contributed by atoms with Gasteiger partial charge in [0.25, 0.3) is 0 Å². The van der Waals surface area contributed by atoms with Gasteiger partial charge in [0.1, 0.15) is 0 Å². The van der Waals surface area contributed by atoms with Gasteiger partial charge in [0.15, 0.2) is 5.60 Å². The van der Waals surface area contributed by atoms with Gasteiger partial charge in [-0.25, -0.2) is 4.79 Å². The number of nitrogens with zero attached hydrogens (tertiary/aromatic N) is 3. The van der Waals surface area contributed by atoms with Gasteiger partial charge < -0.3 is 13.9 Å². The van der Waals surface area contributed by atoms with Crippen molar-refractivity contribution < 1.29 is 9.53 Å². The molecule has 0 aliphatic carbocycles. The van der Waals surface area contributed by atoms with Crippen molar-refractivity contribution in [3.05, 3.63) is 101 Å². The largest absolute Gasteiger partial charge is 0.440 e. The van der Waals surface area contributed by atoms with Crippen molar-refractivity contribution in [1.29, 1.82) is 0 Å². The van der Waals surface area contributed by atoms with Crippen LogP contribution in [-0.4, -0.2) is 20.1 Å². The van der Waals surface area contributed by atoms with Crippen LogP contribution in [0.3, 0.4) is 0 Å². The average molecular weight is 534 g/mol. The Morgan fingerprint density at radius 3 is 2.05 bits per heavy atom. The number of fused-ring (bicyclic) bond motifs is 3. The Labute approximate surface area is 236 Å². The molecule has 5 aromatic rings. The van der Waals surface area contributed by atoms with Gasteiger partial charge in [-0.3, -0.25) is 4.98 Å². The molecule has 40 heavy (non-hydrogen) atoms. The number of aromatic nitrogens is 3. The first-order valence-corrected chi connectivity index (χ1v) is 14.9. The van der Waals surface area contributed by atoms with Crippen LogP contribution in [-0.2, 0) is 23.4 Å². The molecule has 0 saturated carbocycles. The number of benzene rings is 2. The lowest BCUT2D eigenvalue weighted by atomic mass is 9.78. The third-order valence-corrected chi connectivity index (χ3v) is 8.88. The predicted octanol–water partition coefficient (Wildman–Crippen LogP) is 8.45. The van der Waals surface area contributed by atoms with Crippen LogP contribution in [0.25, 0.3) is 21.8 Å². The standard InChI is InChI=1S/C35H39N3O2/c1-5-7-8-9-10-15-22-38-25(4)33(28-17-12-14-19-31(28)38)35(29-23-36-21-20-26(29)34(39)40-35)32-24(3)37(6-2)30-18-13-11-16-27(30)32/h11-14,16-21,23H,5-10,15,22H2,1-4H3. The zero-order valence-corrected chi connectivity index (χ0v) is 24.2. The summed E-state index contributed by atoms with van der Waals surface area (Å²) in [6.45, 7) is 10.6. The third-order valence-electron chi connectivity index (χ3n) is 8.88. The number of hydrogen-bond acceptors (Lipinski definition) is 3. The summed E-state index contributed by atoms with van der Waals surface area (Å²) >= 11 is 0. The number of carbonyl (C=O) groups excluding carboxylic acids is 1. The van der Waals surface area contributed by atoms with Crippen LogP contribution < -0.4 is 0 Å². The Morgan fingerprint density at radius 2 is 1.38 bits per heavy atom. The third kappa shape index (κ3) is 3.89. The summed E-state index contributed by atoms with van der Waals surface area (Å²) in [6, 6.07) is 18.9. The molecule has 0 saturated heterocycles. The van der Waals surface area contributed by atoms with Crippen LogP contribution in [0.1, 0.15) is 90.8 Å². The molecule has 206 valence electrons. The van der Waals surface area contributed by atoms with Crippen LogP contribution in [0.4, 0.5) is 0 Å². The van der Waals surface area contributed by atoms with E-state index >= 15 is 0 Å². The molecule has 3 aromatic heterocycles. The van der Waals surface area contributed by atoms with E-state index in [1.54, 1.807) is 12.3 Å². The van der Waals surface area contributed by atoms with Gasteiger partial charge in [-0.2, -0.15) is 0 Å². The number of ether oxygens (including phenoxy) is 1. The number of esters is 1. The molecule has 0 radical (unpaired) electrons. The molecule has 0 spiro atoms. The van der Waals surface area contributed by atoms with Crippen LogP contribution in [0.5, 0.6) is 0 Å². The van der Waals surface area contributed by atoms with E-state index in [1.807, 2.05) is 6.20 Å². The monoisotopic (exact) mass is 533 g/mol. The molecule has 6 rings (SSSR count). The minimum atomic E-state index is -1.10. The van der Waals surface area contributed by atoms with E-state index < -0.39 is 5.60 Å². The Hall–Kier alpha value is -3.86. The van der Waals surface area contributed by atoms with Gasteiger partial charge in [-0.05, 0) is 45.4 Å². The highest BCUT2D eigenvalue weighted by Crippen LogP contribution is 2.53. The maximum Gasteiger partial charge on any atom is 0.340 e. The lowest BCUT2D eigenvalue weighted by Gasteiger charge is -2.31. The zero-order valence-electron chi connectivity index (χ0n) is 24.2. The quantitative estimate of drug-likeness (QED) is 0.134. The molecule has 1 atom stereocenters. The lowest BCUT2D eigenvalue weighted by molar-refractivity contribution is 0.0255. The Morgan fingerprint density at radius 1 is 0.775 bits per heavy atom. The number of rotatable bonds is 10. The van der Waals surface area contributed by atoms with Crippen molar-refractivity contribution in [1.82, 2.24) is 14.1 Å². The van der Waals surface area contributed by atoms with Crippen molar-refractivity contribution in [3.63, 3.8) is 0 Å². The van der Waals surface area contributed by atoms with E-state index in [0.717, 1.165) is 63.9 Å².